The number of anilines is 1. The van der Waals surface area contributed by atoms with E-state index in [9.17, 15) is 0 Å². The predicted octanol–water partition coefficient (Wildman–Crippen LogP) is 1.73. The van der Waals surface area contributed by atoms with Crippen LogP contribution < -0.4 is 10.2 Å². The minimum Gasteiger partial charge on any atom is -0.368 e. The molecule has 0 atom stereocenters. The van der Waals surface area contributed by atoms with Gasteiger partial charge >= 0.3 is 0 Å². The van der Waals surface area contributed by atoms with Crippen molar-refractivity contribution in [1.82, 2.24) is 5.32 Å². The highest BCUT2D eigenvalue weighted by Crippen LogP contribution is 2.27. The zero-order valence-corrected chi connectivity index (χ0v) is 9.92. The van der Waals surface area contributed by atoms with Gasteiger partial charge in [-0.1, -0.05) is 0 Å². The van der Waals surface area contributed by atoms with Crippen LogP contribution in [0.4, 0.5) is 5.69 Å². The highest BCUT2D eigenvalue weighted by molar-refractivity contribution is 9.10. The first-order valence-corrected chi connectivity index (χ1v) is 5.76. The van der Waals surface area contributed by atoms with E-state index in [0.717, 1.165) is 36.3 Å². The van der Waals surface area contributed by atoms with Gasteiger partial charge in [0.05, 0.1) is 17.3 Å². The molecule has 1 heterocycles. The van der Waals surface area contributed by atoms with Gasteiger partial charge in [-0.3, -0.25) is 0 Å². The molecule has 0 spiro atoms. The zero-order chi connectivity index (χ0) is 10.7. The van der Waals surface area contributed by atoms with Gasteiger partial charge in [0, 0.05) is 30.7 Å². The molecule has 1 aromatic rings. The second-order valence-corrected chi connectivity index (χ2v) is 4.37. The van der Waals surface area contributed by atoms with Crippen molar-refractivity contribution in [3.63, 3.8) is 0 Å². The number of benzene rings is 1. The molecular formula is C11H12BrN3. The largest absolute Gasteiger partial charge is 0.368 e. The lowest BCUT2D eigenvalue weighted by molar-refractivity contribution is 0.588. The van der Waals surface area contributed by atoms with E-state index in [-0.39, 0.29) is 0 Å². The first kappa shape index (κ1) is 10.5. The molecule has 3 nitrogen and oxygen atoms in total. The van der Waals surface area contributed by atoms with E-state index in [1.807, 2.05) is 18.2 Å². The van der Waals surface area contributed by atoms with Crippen LogP contribution in [0.25, 0.3) is 0 Å². The maximum atomic E-state index is 8.86. The van der Waals surface area contributed by atoms with E-state index >= 15 is 0 Å². The third kappa shape index (κ3) is 2.31. The van der Waals surface area contributed by atoms with E-state index in [1.54, 1.807) is 0 Å². The van der Waals surface area contributed by atoms with Crippen LogP contribution >= 0.6 is 15.9 Å². The lowest BCUT2D eigenvalue weighted by Crippen LogP contribution is -2.43. The van der Waals surface area contributed by atoms with Crippen molar-refractivity contribution >= 4 is 21.6 Å². The lowest BCUT2D eigenvalue weighted by atomic mass is 10.2. The Morgan fingerprint density at radius 2 is 2.07 bits per heavy atom. The first-order valence-electron chi connectivity index (χ1n) is 4.96. The molecule has 78 valence electrons. The number of nitrogens with one attached hydrogen (secondary N) is 1. The van der Waals surface area contributed by atoms with E-state index in [2.05, 4.69) is 32.2 Å². The topological polar surface area (TPSA) is 39.1 Å². The fraction of sp³-hybridized carbons (Fsp3) is 0.364. The molecule has 1 N–H and O–H groups in total. The van der Waals surface area contributed by atoms with Gasteiger partial charge in [-0.2, -0.15) is 5.26 Å². The average Bonchev–Trinajstić information content (AvgIpc) is 2.31. The summed E-state index contributed by atoms with van der Waals surface area (Å²) in [4.78, 5) is 2.29. The van der Waals surface area contributed by atoms with Gasteiger partial charge in [0.15, 0.2) is 0 Å². The van der Waals surface area contributed by atoms with Gasteiger partial charge in [-0.05, 0) is 34.1 Å². The normalized spacial score (nSPS) is 16.1. The molecule has 15 heavy (non-hydrogen) atoms. The van der Waals surface area contributed by atoms with Crippen molar-refractivity contribution in [2.75, 3.05) is 31.1 Å². The minimum atomic E-state index is 0.715. The fourth-order valence-corrected chi connectivity index (χ4v) is 2.23. The Morgan fingerprint density at radius 1 is 1.33 bits per heavy atom. The van der Waals surface area contributed by atoms with Crippen molar-refractivity contribution in [2.45, 2.75) is 0 Å². The second kappa shape index (κ2) is 4.65. The number of hydrogen-bond donors (Lipinski definition) is 1. The zero-order valence-electron chi connectivity index (χ0n) is 8.33. The summed E-state index contributed by atoms with van der Waals surface area (Å²) in [5, 5.41) is 12.2. The Hall–Kier alpha value is -1.05. The van der Waals surface area contributed by atoms with E-state index < -0.39 is 0 Å². The maximum Gasteiger partial charge on any atom is 0.0992 e. The summed E-state index contributed by atoms with van der Waals surface area (Å²) in [6.07, 6.45) is 0. The number of nitriles is 1. The van der Waals surface area contributed by atoms with Gasteiger partial charge < -0.3 is 10.2 Å². The summed E-state index contributed by atoms with van der Waals surface area (Å²) in [6, 6.07) is 7.88. The van der Waals surface area contributed by atoms with Crippen LogP contribution in [0.15, 0.2) is 22.7 Å². The van der Waals surface area contributed by atoms with Crippen molar-refractivity contribution in [2.24, 2.45) is 0 Å². The van der Waals surface area contributed by atoms with Crippen LogP contribution in [0, 0.1) is 11.3 Å². The van der Waals surface area contributed by atoms with Crippen LogP contribution in [-0.2, 0) is 0 Å². The number of nitrogens with zero attached hydrogens (tertiary/aromatic N) is 2. The van der Waals surface area contributed by atoms with E-state index in [4.69, 9.17) is 5.26 Å². The summed E-state index contributed by atoms with van der Waals surface area (Å²) in [5.41, 5.74) is 1.84. The summed E-state index contributed by atoms with van der Waals surface area (Å²) < 4.78 is 1.06. The fourth-order valence-electron chi connectivity index (χ4n) is 1.73. The van der Waals surface area contributed by atoms with Gasteiger partial charge in [0.1, 0.15) is 0 Å². The van der Waals surface area contributed by atoms with Gasteiger partial charge in [0.25, 0.3) is 0 Å². The molecule has 0 bridgehead atoms. The van der Waals surface area contributed by atoms with Crippen molar-refractivity contribution in [1.29, 1.82) is 5.26 Å². The van der Waals surface area contributed by atoms with Crippen molar-refractivity contribution in [3.8, 4) is 6.07 Å². The molecule has 4 heteroatoms. The van der Waals surface area contributed by atoms with Gasteiger partial charge in [-0.15, -0.1) is 0 Å². The Labute approximate surface area is 97.8 Å². The smallest absolute Gasteiger partial charge is 0.0992 e. The standard InChI is InChI=1S/C11H12BrN3/c12-10-2-1-9(8-13)7-11(10)15-5-3-14-4-6-15/h1-2,7,14H,3-6H2. The van der Waals surface area contributed by atoms with Gasteiger partial charge in [0.2, 0.25) is 0 Å². The number of rotatable bonds is 1. The number of hydrogen-bond acceptors (Lipinski definition) is 3. The molecule has 0 radical (unpaired) electrons. The molecule has 0 aliphatic carbocycles. The van der Waals surface area contributed by atoms with Crippen molar-refractivity contribution in [3.05, 3.63) is 28.2 Å². The molecule has 0 amide bonds. The predicted molar refractivity (Wildman–Crippen MR) is 63.9 cm³/mol. The van der Waals surface area contributed by atoms with Crippen LogP contribution in [0.2, 0.25) is 0 Å². The van der Waals surface area contributed by atoms with Crippen LogP contribution in [0.1, 0.15) is 5.56 Å². The molecule has 2 rings (SSSR count). The quantitative estimate of drug-likeness (QED) is 0.841. The Balaban J connectivity index is 2.29. The molecule has 1 aromatic carbocycles. The Kier molecular flexibility index (Phi) is 3.24. The highest BCUT2D eigenvalue weighted by Gasteiger charge is 2.13. The van der Waals surface area contributed by atoms with E-state index in [1.165, 1.54) is 0 Å². The maximum absolute atomic E-state index is 8.86. The molecular weight excluding hydrogens is 254 g/mol. The highest BCUT2D eigenvalue weighted by atomic mass is 79.9. The summed E-state index contributed by atoms with van der Waals surface area (Å²) >= 11 is 3.52. The Morgan fingerprint density at radius 3 is 2.73 bits per heavy atom. The summed E-state index contributed by atoms with van der Waals surface area (Å²) in [6.45, 7) is 3.99. The Bertz CT molecular complexity index is 391. The number of halogens is 1. The van der Waals surface area contributed by atoms with Crippen molar-refractivity contribution < 1.29 is 0 Å². The SMILES string of the molecule is N#Cc1ccc(Br)c(N2CCNCC2)c1. The third-order valence-electron chi connectivity index (χ3n) is 2.53. The molecule has 0 saturated carbocycles. The third-order valence-corrected chi connectivity index (χ3v) is 3.20. The molecule has 1 saturated heterocycles. The minimum absolute atomic E-state index is 0.715. The summed E-state index contributed by atoms with van der Waals surface area (Å²) in [7, 11) is 0. The molecule has 0 unspecified atom stereocenters. The summed E-state index contributed by atoms with van der Waals surface area (Å²) in [5.74, 6) is 0. The molecule has 1 aliphatic rings. The molecule has 1 aliphatic heterocycles. The van der Waals surface area contributed by atoms with Crippen LogP contribution in [0.5, 0.6) is 0 Å². The molecule has 1 fully saturated rings. The van der Waals surface area contributed by atoms with Crippen LogP contribution in [-0.4, -0.2) is 26.2 Å². The average molecular weight is 266 g/mol. The first-order chi connectivity index (χ1) is 7.31. The second-order valence-electron chi connectivity index (χ2n) is 3.52. The van der Waals surface area contributed by atoms with Gasteiger partial charge in [-0.25, -0.2) is 0 Å². The monoisotopic (exact) mass is 265 g/mol. The lowest BCUT2D eigenvalue weighted by Gasteiger charge is -2.30. The van der Waals surface area contributed by atoms with Crippen LogP contribution in [0.3, 0.4) is 0 Å². The van der Waals surface area contributed by atoms with E-state index in [0.29, 0.717) is 5.56 Å². The molecule has 0 aromatic heterocycles. The number of piperazine rings is 1.